The SMILES string of the molecule is c1snnc1-c1nnc(CCNC2CC2)s1. The van der Waals surface area contributed by atoms with Gasteiger partial charge in [-0.1, -0.05) is 15.8 Å². The molecule has 0 spiro atoms. The van der Waals surface area contributed by atoms with Gasteiger partial charge in [0, 0.05) is 24.4 Å². The molecule has 1 aliphatic carbocycles. The number of rotatable bonds is 5. The average Bonchev–Trinajstić information content (AvgIpc) is 2.83. The number of nitrogens with zero attached hydrogens (tertiary/aromatic N) is 4. The second-order valence-electron chi connectivity index (χ2n) is 3.77. The molecule has 1 fully saturated rings. The van der Waals surface area contributed by atoms with Crippen molar-refractivity contribution in [2.45, 2.75) is 25.3 Å². The van der Waals surface area contributed by atoms with Crippen LogP contribution in [-0.2, 0) is 6.42 Å². The molecule has 1 saturated carbocycles. The van der Waals surface area contributed by atoms with Gasteiger partial charge < -0.3 is 5.32 Å². The van der Waals surface area contributed by atoms with Gasteiger partial charge in [0.2, 0.25) is 0 Å². The summed E-state index contributed by atoms with van der Waals surface area (Å²) >= 11 is 2.94. The van der Waals surface area contributed by atoms with Gasteiger partial charge in [-0.3, -0.25) is 0 Å². The first-order valence-electron chi connectivity index (χ1n) is 5.25. The summed E-state index contributed by atoms with van der Waals surface area (Å²) in [6.45, 7) is 0.995. The van der Waals surface area contributed by atoms with Crippen LogP contribution in [0.5, 0.6) is 0 Å². The molecule has 0 aliphatic heterocycles. The highest BCUT2D eigenvalue weighted by molar-refractivity contribution is 7.15. The van der Waals surface area contributed by atoms with Crippen molar-refractivity contribution in [2.24, 2.45) is 0 Å². The minimum absolute atomic E-state index is 0.759. The van der Waals surface area contributed by atoms with Crippen LogP contribution >= 0.6 is 22.9 Å². The smallest absolute Gasteiger partial charge is 0.169 e. The van der Waals surface area contributed by atoms with E-state index in [2.05, 4.69) is 25.1 Å². The molecule has 1 aliphatic rings. The molecule has 1 N–H and O–H groups in total. The van der Waals surface area contributed by atoms with Crippen LogP contribution in [0, 0.1) is 0 Å². The number of hydrogen-bond acceptors (Lipinski definition) is 7. The Morgan fingerprint density at radius 1 is 1.31 bits per heavy atom. The first-order valence-corrected chi connectivity index (χ1v) is 6.90. The van der Waals surface area contributed by atoms with E-state index in [9.17, 15) is 0 Å². The molecule has 7 heteroatoms. The molecule has 0 unspecified atom stereocenters. The van der Waals surface area contributed by atoms with Crippen LogP contribution in [0.4, 0.5) is 0 Å². The van der Waals surface area contributed by atoms with Crippen LogP contribution in [0.2, 0.25) is 0 Å². The van der Waals surface area contributed by atoms with Crippen molar-refractivity contribution >= 4 is 22.9 Å². The molecule has 2 heterocycles. The van der Waals surface area contributed by atoms with Crippen LogP contribution < -0.4 is 5.32 Å². The van der Waals surface area contributed by atoms with Crippen molar-refractivity contribution in [3.8, 4) is 10.7 Å². The van der Waals surface area contributed by atoms with E-state index < -0.39 is 0 Å². The summed E-state index contributed by atoms with van der Waals surface area (Å²) in [5, 5.41) is 19.5. The van der Waals surface area contributed by atoms with Gasteiger partial charge in [0.15, 0.2) is 5.01 Å². The summed E-state index contributed by atoms with van der Waals surface area (Å²) in [6, 6.07) is 0.759. The van der Waals surface area contributed by atoms with E-state index in [1.165, 1.54) is 24.4 Å². The summed E-state index contributed by atoms with van der Waals surface area (Å²) < 4.78 is 3.82. The number of hydrogen-bond donors (Lipinski definition) is 1. The third-order valence-corrected chi connectivity index (χ3v) is 3.91. The Hall–Kier alpha value is -0.920. The maximum atomic E-state index is 4.15. The Labute approximate surface area is 101 Å². The number of nitrogens with one attached hydrogen (secondary N) is 1. The van der Waals surface area contributed by atoms with E-state index in [1.807, 2.05) is 5.38 Å². The summed E-state index contributed by atoms with van der Waals surface area (Å²) in [5.74, 6) is 0. The molecule has 0 bridgehead atoms. The normalized spacial score (nSPS) is 15.5. The van der Waals surface area contributed by atoms with Crippen LogP contribution in [0.25, 0.3) is 10.7 Å². The van der Waals surface area contributed by atoms with E-state index in [4.69, 9.17) is 0 Å². The zero-order valence-corrected chi connectivity index (χ0v) is 10.2. The minimum atomic E-state index is 0.759. The van der Waals surface area contributed by atoms with Crippen molar-refractivity contribution in [2.75, 3.05) is 6.54 Å². The van der Waals surface area contributed by atoms with E-state index in [0.717, 1.165) is 34.7 Å². The molecule has 84 valence electrons. The topological polar surface area (TPSA) is 63.6 Å². The van der Waals surface area contributed by atoms with Gasteiger partial charge in [0.25, 0.3) is 0 Å². The van der Waals surface area contributed by atoms with Gasteiger partial charge in [-0.25, -0.2) is 0 Å². The van der Waals surface area contributed by atoms with Gasteiger partial charge in [-0.2, -0.15) is 0 Å². The van der Waals surface area contributed by atoms with Gasteiger partial charge >= 0.3 is 0 Å². The molecular weight excluding hydrogens is 242 g/mol. The van der Waals surface area contributed by atoms with Gasteiger partial charge in [0.05, 0.1) is 0 Å². The molecule has 0 amide bonds. The predicted octanol–water partition coefficient (Wildman–Crippen LogP) is 1.35. The maximum Gasteiger partial charge on any atom is 0.169 e. The fourth-order valence-electron chi connectivity index (χ4n) is 1.39. The Bertz CT molecular complexity index is 448. The molecule has 0 saturated heterocycles. The summed E-state index contributed by atoms with van der Waals surface area (Å²) in [4.78, 5) is 0. The Balaban J connectivity index is 1.59. The van der Waals surface area contributed by atoms with Crippen LogP contribution in [0.1, 0.15) is 17.8 Å². The highest BCUT2D eigenvalue weighted by Gasteiger charge is 2.20. The van der Waals surface area contributed by atoms with E-state index in [1.54, 1.807) is 11.3 Å². The Morgan fingerprint density at radius 3 is 3.00 bits per heavy atom. The number of aromatic nitrogens is 4. The second-order valence-corrected chi connectivity index (χ2v) is 5.44. The fourth-order valence-corrected chi connectivity index (χ4v) is 2.70. The Morgan fingerprint density at radius 2 is 2.25 bits per heavy atom. The van der Waals surface area contributed by atoms with Crippen molar-refractivity contribution in [1.82, 2.24) is 25.1 Å². The van der Waals surface area contributed by atoms with Crippen molar-refractivity contribution in [3.05, 3.63) is 10.4 Å². The lowest BCUT2D eigenvalue weighted by molar-refractivity contribution is 0.677. The molecule has 0 atom stereocenters. The average molecular weight is 253 g/mol. The highest BCUT2D eigenvalue weighted by Crippen LogP contribution is 2.22. The zero-order valence-electron chi connectivity index (χ0n) is 8.59. The maximum absolute atomic E-state index is 4.15. The summed E-state index contributed by atoms with van der Waals surface area (Å²) in [7, 11) is 0. The molecule has 16 heavy (non-hydrogen) atoms. The van der Waals surface area contributed by atoms with Crippen molar-refractivity contribution in [1.29, 1.82) is 0 Å². The highest BCUT2D eigenvalue weighted by atomic mass is 32.1. The van der Waals surface area contributed by atoms with E-state index in [0.29, 0.717) is 0 Å². The fraction of sp³-hybridized carbons (Fsp3) is 0.556. The van der Waals surface area contributed by atoms with Gasteiger partial charge in [0.1, 0.15) is 10.7 Å². The van der Waals surface area contributed by atoms with E-state index >= 15 is 0 Å². The lowest BCUT2D eigenvalue weighted by atomic mass is 10.4. The molecular formula is C9H11N5S2. The molecule has 5 nitrogen and oxygen atoms in total. The van der Waals surface area contributed by atoms with Crippen molar-refractivity contribution < 1.29 is 0 Å². The molecule has 0 radical (unpaired) electrons. The van der Waals surface area contributed by atoms with Crippen LogP contribution in [-0.4, -0.2) is 32.4 Å². The predicted molar refractivity (Wildman–Crippen MR) is 63.5 cm³/mol. The van der Waals surface area contributed by atoms with Gasteiger partial charge in [-0.15, -0.1) is 15.3 Å². The summed E-state index contributed by atoms with van der Waals surface area (Å²) in [5.41, 5.74) is 0.837. The first kappa shape index (κ1) is 10.2. The van der Waals surface area contributed by atoms with Crippen molar-refractivity contribution in [3.63, 3.8) is 0 Å². The third kappa shape index (κ3) is 2.42. The standard InChI is InChI=1S/C9H11N5S2/c1-2-6(1)10-4-3-8-12-13-9(16-8)7-5-15-14-11-7/h5-6,10H,1-4H2. The van der Waals surface area contributed by atoms with E-state index in [-0.39, 0.29) is 0 Å². The minimum Gasteiger partial charge on any atom is -0.314 e. The first-order chi connectivity index (χ1) is 7.92. The third-order valence-electron chi connectivity index (χ3n) is 2.40. The lowest BCUT2D eigenvalue weighted by Crippen LogP contribution is -2.19. The Kier molecular flexibility index (Phi) is 2.90. The quantitative estimate of drug-likeness (QED) is 0.871. The molecule has 3 rings (SSSR count). The van der Waals surface area contributed by atoms with Crippen LogP contribution in [0.15, 0.2) is 5.38 Å². The van der Waals surface area contributed by atoms with Crippen LogP contribution in [0.3, 0.4) is 0 Å². The monoisotopic (exact) mass is 253 g/mol. The zero-order chi connectivity index (χ0) is 10.8. The van der Waals surface area contributed by atoms with Gasteiger partial charge in [-0.05, 0) is 24.4 Å². The second kappa shape index (κ2) is 4.52. The summed E-state index contributed by atoms with van der Waals surface area (Å²) in [6.07, 6.45) is 3.60. The molecule has 2 aromatic heterocycles. The lowest BCUT2D eigenvalue weighted by Gasteiger charge is -1.97. The largest absolute Gasteiger partial charge is 0.314 e. The molecule has 0 aromatic carbocycles. The molecule has 2 aromatic rings.